The largest absolute Gasteiger partial charge is 0.598 e. The van der Waals surface area contributed by atoms with Crippen LogP contribution in [0.5, 0.6) is 0 Å². The van der Waals surface area contributed by atoms with Gasteiger partial charge in [-0.15, -0.1) is 4.72 Å². The third-order valence-corrected chi connectivity index (χ3v) is 16.5. The highest BCUT2D eigenvalue weighted by atomic mass is 32.2. The van der Waals surface area contributed by atoms with E-state index in [0.717, 1.165) is 74.7 Å². The molecule has 1 unspecified atom stereocenters. The Morgan fingerprint density at radius 1 is 0.758 bits per heavy atom. The maximum absolute atomic E-state index is 14.1. The maximum atomic E-state index is 14.1. The Morgan fingerprint density at radius 2 is 1.29 bits per heavy atom. The van der Waals surface area contributed by atoms with E-state index in [0.29, 0.717) is 49.8 Å². The molecule has 8 rings (SSSR count). The van der Waals surface area contributed by atoms with Gasteiger partial charge in [-0.1, -0.05) is 23.5 Å². The van der Waals surface area contributed by atoms with Crippen molar-refractivity contribution in [3.8, 4) is 0 Å². The standard InChI is InChI=1S/C40H48F6N12OS3/c1-36(2,3)62(59)56-27-20-26(38(27)12-18-58(19-13-38)28-21-51-34(32(48)54-28)60-23-6-4-14-49-30(23)39(41,42)43)53-33-35(61-24-7-5-15-50-31(24)40(44,45)46)52-22-29(55-33)57-16-10-37(11-17-57)9-8-25(37)47/h4-7,14-15,21-22,25-27,56H,8-13,16-20,47H2,1-3H3,(H2,48,54)(H,53,55)/t25-,26?,27-,62+/m0/s1. The highest BCUT2D eigenvalue weighted by Gasteiger charge is 2.58. The molecule has 4 aromatic heterocycles. The molecule has 0 amide bonds. The van der Waals surface area contributed by atoms with Gasteiger partial charge in [0.25, 0.3) is 0 Å². The molecule has 22 heteroatoms. The van der Waals surface area contributed by atoms with Crippen LogP contribution in [-0.4, -0.2) is 83.5 Å². The Kier molecular flexibility index (Phi) is 12.2. The Hall–Kier alpha value is -3.83. The monoisotopic (exact) mass is 922 g/mol. The predicted octanol–water partition coefficient (Wildman–Crippen LogP) is 7.58. The van der Waals surface area contributed by atoms with Gasteiger partial charge in [-0.2, -0.15) is 26.3 Å². The third-order valence-electron chi connectivity index (χ3n) is 12.8. The Bertz CT molecular complexity index is 2250. The lowest BCUT2D eigenvalue weighted by Crippen LogP contribution is -2.70. The number of pyridine rings is 2. The van der Waals surface area contributed by atoms with Crippen molar-refractivity contribution in [2.24, 2.45) is 16.6 Å². The number of aromatic nitrogens is 6. The number of nitrogen functional groups attached to an aromatic ring is 1. The van der Waals surface area contributed by atoms with Crippen molar-refractivity contribution >= 4 is 58.2 Å². The second-order valence-corrected chi connectivity index (χ2v) is 21.5. The molecule has 2 aliphatic heterocycles. The number of hydrogen-bond donors (Lipinski definition) is 4. The van der Waals surface area contributed by atoms with Crippen LogP contribution in [-0.2, 0) is 23.7 Å². The number of nitrogens with zero attached hydrogens (tertiary/aromatic N) is 8. The maximum Gasteiger partial charge on any atom is 0.434 e. The quantitative estimate of drug-likeness (QED) is 0.0902. The Morgan fingerprint density at radius 3 is 1.79 bits per heavy atom. The minimum absolute atomic E-state index is 0.0294. The summed E-state index contributed by atoms with van der Waals surface area (Å²) in [5.74, 6) is 1.39. The van der Waals surface area contributed by atoms with E-state index in [1.807, 2.05) is 25.7 Å². The van der Waals surface area contributed by atoms with Crippen LogP contribution in [0, 0.1) is 10.8 Å². The van der Waals surface area contributed by atoms with Crippen molar-refractivity contribution < 1.29 is 30.9 Å². The molecule has 62 heavy (non-hydrogen) atoms. The molecule has 334 valence electrons. The summed E-state index contributed by atoms with van der Waals surface area (Å²) in [6.07, 6.45) is 1.60. The van der Waals surface area contributed by atoms with Gasteiger partial charge in [0.2, 0.25) is 0 Å². The molecule has 0 aromatic carbocycles. The van der Waals surface area contributed by atoms with Gasteiger partial charge >= 0.3 is 12.4 Å². The van der Waals surface area contributed by atoms with Gasteiger partial charge in [-0.25, -0.2) is 19.9 Å². The first-order valence-corrected chi connectivity index (χ1v) is 23.1. The normalized spacial score (nSPS) is 22.9. The molecule has 2 spiro atoms. The number of nitrogens with two attached hydrogens (primary N) is 2. The molecular weight excluding hydrogens is 875 g/mol. The van der Waals surface area contributed by atoms with Crippen molar-refractivity contribution in [2.45, 2.75) is 121 Å². The van der Waals surface area contributed by atoms with Gasteiger partial charge in [-0.3, -0.25) is 9.97 Å². The van der Waals surface area contributed by atoms with E-state index < -0.39 is 45.3 Å². The summed E-state index contributed by atoms with van der Waals surface area (Å²) >= 11 is 0.184. The topological polar surface area (TPSA) is 183 Å². The molecular formula is C40H48F6N12OS3. The van der Waals surface area contributed by atoms with Gasteiger partial charge in [0.1, 0.15) is 26.4 Å². The minimum Gasteiger partial charge on any atom is -0.598 e. The smallest absolute Gasteiger partial charge is 0.434 e. The fourth-order valence-corrected chi connectivity index (χ4v) is 11.6. The Balaban J connectivity index is 1.05. The first-order valence-electron chi connectivity index (χ1n) is 20.4. The lowest BCUT2D eigenvalue weighted by atomic mass is 9.56. The average molecular weight is 923 g/mol. The number of hydrogen-bond acceptors (Lipinski definition) is 15. The van der Waals surface area contributed by atoms with Crippen molar-refractivity contribution in [1.29, 1.82) is 0 Å². The van der Waals surface area contributed by atoms with Gasteiger partial charge in [0.15, 0.2) is 23.0 Å². The second-order valence-electron chi connectivity index (χ2n) is 17.4. The van der Waals surface area contributed by atoms with Gasteiger partial charge in [-0.05, 0) is 95.4 Å². The van der Waals surface area contributed by atoms with Gasteiger partial charge in [0.05, 0.1) is 18.4 Å². The van der Waals surface area contributed by atoms with Crippen LogP contribution in [0.2, 0.25) is 0 Å². The molecule has 0 radical (unpaired) electrons. The predicted molar refractivity (Wildman–Crippen MR) is 227 cm³/mol. The third kappa shape index (κ3) is 8.96. The summed E-state index contributed by atoms with van der Waals surface area (Å²) in [5, 5.41) is 4.00. The highest BCUT2D eigenvalue weighted by Crippen LogP contribution is 2.53. The zero-order valence-electron chi connectivity index (χ0n) is 34.3. The number of rotatable bonds is 10. The van der Waals surface area contributed by atoms with Crippen LogP contribution < -0.4 is 31.3 Å². The van der Waals surface area contributed by atoms with Crippen molar-refractivity contribution in [3.63, 3.8) is 0 Å². The Labute approximate surface area is 367 Å². The van der Waals surface area contributed by atoms with Crippen LogP contribution >= 0.6 is 23.5 Å². The van der Waals surface area contributed by atoms with Crippen molar-refractivity contribution in [2.75, 3.05) is 47.0 Å². The van der Waals surface area contributed by atoms with Crippen molar-refractivity contribution in [1.82, 2.24) is 34.6 Å². The first kappa shape index (κ1) is 44.8. The molecule has 2 saturated carbocycles. The van der Waals surface area contributed by atoms with Crippen LogP contribution in [0.15, 0.2) is 68.9 Å². The molecule has 4 atom stereocenters. The lowest BCUT2D eigenvalue weighted by molar-refractivity contribution is -0.144. The van der Waals surface area contributed by atoms with Crippen molar-refractivity contribution in [3.05, 3.63) is 60.4 Å². The zero-order chi connectivity index (χ0) is 44.2. The second kappa shape index (κ2) is 16.9. The summed E-state index contributed by atoms with van der Waals surface area (Å²) in [6, 6.07) is 5.28. The van der Waals surface area contributed by atoms with E-state index in [4.69, 9.17) is 21.4 Å². The molecule has 4 aliphatic rings. The minimum atomic E-state index is -4.69. The average Bonchev–Trinajstić information content (AvgIpc) is 3.23. The fraction of sp³-hybridized carbons (Fsp3) is 0.550. The molecule has 6 N–H and O–H groups in total. The number of anilines is 4. The van der Waals surface area contributed by atoms with E-state index in [-0.39, 0.29) is 49.2 Å². The fourth-order valence-electron chi connectivity index (χ4n) is 8.88. The zero-order valence-corrected chi connectivity index (χ0v) is 36.7. The molecule has 2 saturated heterocycles. The molecule has 13 nitrogen and oxygen atoms in total. The van der Waals surface area contributed by atoms with Crippen LogP contribution in [0.1, 0.15) is 77.1 Å². The first-order chi connectivity index (χ1) is 29.3. The summed E-state index contributed by atoms with van der Waals surface area (Å²) < 4.78 is 99.7. The summed E-state index contributed by atoms with van der Waals surface area (Å²) in [4.78, 5) is 29.8. The van der Waals surface area contributed by atoms with E-state index in [9.17, 15) is 30.9 Å². The van der Waals surface area contributed by atoms with Gasteiger partial charge < -0.3 is 31.1 Å². The lowest BCUT2D eigenvalue weighted by Gasteiger charge is -2.59. The summed E-state index contributed by atoms with van der Waals surface area (Å²) in [6.45, 7) is 8.10. The van der Waals surface area contributed by atoms with Crippen LogP contribution in [0.25, 0.3) is 0 Å². The number of piperidine rings is 2. The van der Waals surface area contributed by atoms with E-state index in [1.165, 1.54) is 30.5 Å². The highest BCUT2D eigenvalue weighted by molar-refractivity contribution is 7.99. The van der Waals surface area contributed by atoms with E-state index >= 15 is 0 Å². The molecule has 4 fully saturated rings. The van der Waals surface area contributed by atoms with Gasteiger partial charge in [0, 0.05) is 77.2 Å². The summed E-state index contributed by atoms with van der Waals surface area (Å²) in [7, 11) is 0. The van der Waals surface area contributed by atoms with Crippen LogP contribution in [0.4, 0.5) is 49.6 Å². The number of halogens is 6. The SMILES string of the molecule is CC(C)(C)[S@@+]([O-])N[C@H]1CC(Nc2nc(N3CCC4(CC[C@@H]4N)CC3)cnc2Sc2cccnc2C(F)(F)F)C12CCN(c1cnc(Sc3cccnc3C(F)(F)F)c(N)n1)CC2. The molecule has 2 aliphatic carbocycles. The molecule has 4 aromatic rings. The van der Waals surface area contributed by atoms with Crippen LogP contribution in [0.3, 0.4) is 0 Å². The summed E-state index contributed by atoms with van der Waals surface area (Å²) in [5.41, 5.74) is 10.3. The molecule has 6 heterocycles. The number of nitrogens with one attached hydrogen (secondary N) is 2. The number of alkyl halides is 6. The van der Waals surface area contributed by atoms with E-state index in [2.05, 4.69) is 34.9 Å². The van der Waals surface area contributed by atoms with E-state index in [1.54, 1.807) is 6.20 Å². The molecule has 0 bridgehead atoms.